The second-order valence-corrected chi connectivity index (χ2v) is 9.15. The van der Waals surface area contributed by atoms with Gasteiger partial charge in [-0.05, 0) is 43.2 Å². The van der Waals surface area contributed by atoms with Gasteiger partial charge < -0.3 is 20.5 Å². The molecule has 3 N–H and O–H groups in total. The number of nitrogens with zero attached hydrogens (tertiary/aromatic N) is 5. The molecule has 0 radical (unpaired) electrons. The molecule has 0 saturated heterocycles. The van der Waals surface area contributed by atoms with Crippen molar-refractivity contribution in [2.75, 3.05) is 16.8 Å². The van der Waals surface area contributed by atoms with Crippen LogP contribution < -0.4 is 16.0 Å². The van der Waals surface area contributed by atoms with Gasteiger partial charge in [0.1, 0.15) is 12.0 Å². The predicted molar refractivity (Wildman–Crippen MR) is 129 cm³/mol. The molecule has 0 bridgehead atoms. The van der Waals surface area contributed by atoms with Crippen LogP contribution >= 0.6 is 0 Å². The summed E-state index contributed by atoms with van der Waals surface area (Å²) in [6.07, 6.45) is -7.50. The zero-order chi connectivity index (χ0) is 27.4. The second kappa shape index (κ2) is 9.15. The molecule has 0 amide bonds. The Hall–Kier alpha value is -3.87. The Morgan fingerprint density at radius 2 is 1.82 bits per heavy atom. The Labute approximate surface area is 213 Å². The highest BCUT2D eigenvalue weighted by Crippen LogP contribution is 2.37. The van der Waals surface area contributed by atoms with E-state index in [-0.39, 0.29) is 16.9 Å². The van der Waals surface area contributed by atoms with E-state index < -0.39 is 35.8 Å². The van der Waals surface area contributed by atoms with E-state index in [1.807, 2.05) is 11.0 Å². The molecule has 1 aliphatic heterocycles. The van der Waals surface area contributed by atoms with Crippen LogP contribution in [0.5, 0.6) is 0 Å². The number of aromatic nitrogens is 4. The zero-order valence-corrected chi connectivity index (χ0v) is 20.3. The van der Waals surface area contributed by atoms with Crippen molar-refractivity contribution in [2.45, 2.75) is 45.0 Å². The Morgan fingerprint density at radius 3 is 2.53 bits per heavy atom. The fraction of sp³-hybridized carbons (Fsp3) is 0.320. The third kappa shape index (κ3) is 4.62. The molecule has 200 valence electrons. The van der Waals surface area contributed by atoms with Crippen LogP contribution in [0.1, 0.15) is 47.3 Å². The second-order valence-electron chi connectivity index (χ2n) is 9.15. The molecule has 4 aromatic rings. The van der Waals surface area contributed by atoms with Crippen LogP contribution in [0.4, 0.5) is 37.8 Å². The average Bonchev–Trinajstić information content (AvgIpc) is 3.30. The molecular formula is C25H23F6N7. The lowest BCUT2D eigenvalue weighted by Crippen LogP contribution is -2.36. The minimum Gasteiger partial charge on any atom is -0.360 e. The standard InChI is InChI=1S/C25H23F6N7/c1-13-17(4-3-5-19(13)24(26,27)28)21(32)35-22-18-10-16(7-6-15(18)11-33-36-22)38-9-8-37-12-20(25(29,30)31)34-23(37)14(38)2/h3-7,10-12,14,21H,8-9,32H2,1-2H3,(H,35,36)/t14?,21-/m0/s1. The van der Waals surface area contributed by atoms with Gasteiger partial charge in [-0.1, -0.05) is 18.2 Å². The van der Waals surface area contributed by atoms with Crippen LogP contribution in [0.15, 0.2) is 48.8 Å². The van der Waals surface area contributed by atoms with Gasteiger partial charge in [-0.25, -0.2) is 4.98 Å². The highest BCUT2D eigenvalue weighted by molar-refractivity contribution is 5.93. The number of nitrogens with one attached hydrogen (secondary N) is 1. The molecule has 7 nitrogen and oxygen atoms in total. The highest BCUT2D eigenvalue weighted by Gasteiger charge is 2.37. The van der Waals surface area contributed by atoms with Crippen molar-refractivity contribution in [1.82, 2.24) is 19.7 Å². The SMILES string of the molecule is Cc1c([C@@H](N)Nc2nncc3ccc(N4CCn5cc(C(F)(F)F)nc5C4C)cc23)cccc1C(F)(F)F. The first-order chi connectivity index (χ1) is 17.8. The van der Waals surface area contributed by atoms with Crippen molar-refractivity contribution >= 4 is 22.3 Å². The number of nitrogens with two attached hydrogens (primary N) is 1. The average molecular weight is 535 g/mol. The van der Waals surface area contributed by atoms with Crippen molar-refractivity contribution in [3.63, 3.8) is 0 Å². The van der Waals surface area contributed by atoms with E-state index in [0.29, 0.717) is 35.4 Å². The largest absolute Gasteiger partial charge is 0.434 e. The van der Waals surface area contributed by atoms with Crippen molar-refractivity contribution < 1.29 is 26.3 Å². The first-order valence-corrected chi connectivity index (χ1v) is 11.7. The number of fused-ring (bicyclic) bond motifs is 2. The third-order valence-corrected chi connectivity index (χ3v) is 6.81. The van der Waals surface area contributed by atoms with Gasteiger partial charge in [-0.15, -0.1) is 5.10 Å². The zero-order valence-electron chi connectivity index (χ0n) is 20.3. The summed E-state index contributed by atoms with van der Waals surface area (Å²) in [5.41, 5.74) is 5.54. The first-order valence-electron chi connectivity index (χ1n) is 11.7. The number of hydrogen-bond acceptors (Lipinski definition) is 6. The maximum absolute atomic E-state index is 13.4. The molecule has 1 unspecified atom stereocenters. The van der Waals surface area contributed by atoms with E-state index in [1.54, 1.807) is 19.1 Å². The van der Waals surface area contributed by atoms with Gasteiger partial charge in [-0.3, -0.25) is 0 Å². The fourth-order valence-electron chi connectivity index (χ4n) is 4.85. The van der Waals surface area contributed by atoms with Crippen LogP contribution in [0.3, 0.4) is 0 Å². The Balaban J connectivity index is 1.47. The van der Waals surface area contributed by atoms with Gasteiger partial charge in [0.25, 0.3) is 0 Å². The molecule has 2 aromatic carbocycles. The lowest BCUT2D eigenvalue weighted by atomic mass is 10.00. The van der Waals surface area contributed by atoms with Crippen molar-refractivity contribution in [3.05, 3.63) is 77.0 Å². The number of hydrogen-bond donors (Lipinski definition) is 2. The van der Waals surface area contributed by atoms with Gasteiger partial charge in [0.15, 0.2) is 11.5 Å². The van der Waals surface area contributed by atoms with Crippen molar-refractivity contribution in [2.24, 2.45) is 5.73 Å². The molecule has 0 aliphatic carbocycles. The van der Waals surface area contributed by atoms with Crippen LogP contribution in [-0.2, 0) is 18.9 Å². The third-order valence-electron chi connectivity index (χ3n) is 6.81. The summed E-state index contributed by atoms with van der Waals surface area (Å²) in [6, 6.07) is 8.78. The van der Waals surface area contributed by atoms with Crippen LogP contribution in [0, 0.1) is 6.92 Å². The molecule has 2 atom stereocenters. The molecule has 0 fully saturated rings. The Morgan fingerprint density at radius 1 is 1.05 bits per heavy atom. The number of anilines is 2. The number of halogens is 6. The van der Waals surface area contributed by atoms with Gasteiger partial charge in [0, 0.05) is 35.7 Å². The minimum atomic E-state index is -4.53. The Bertz CT molecular complexity index is 1490. The summed E-state index contributed by atoms with van der Waals surface area (Å²) >= 11 is 0. The Kier molecular flexibility index (Phi) is 6.21. The van der Waals surface area contributed by atoms with Crippen molar-refractivity contribution in [3.8, 4) is 0 Å². The summed E-state index contributed by atoms with van der Waals surface area (Å²) in [6.45, 7) is 3.90. The maximum atomic E-state index is 13.4. The topological polar surface area (TPSA) is 84.9 Å². The number of imidazole rings is 1. The lowest BCUT2D eigenvalue weighted by molar-refractivity contribution is -0.141. The monoisotopic (exact) mass is 535 g/mol. The first kappa shape index (κ1) is 25.8. The number of rotatable bonds is 4. The number of benzene rings is 2. The normalized spacial score (nSPS) is 17.0. The van der Waals surface area contributed by atoms with Gasteiger partial charge >= 0.3 is 12.4 Å². The molecule has 2 aromatic heterocycles. The summed E-state index contributed by atoms with van der Waals surface area (Å²) in [4.78, 5) is 5.76. The summed E-state index contributed by atoms with van der Waals surface area (Å²) < 4.78 is 81.3. The molecular weight excluding hydrogens is 512 g/mol. The molecule has 1 aliphatic rings. The predicted octanol–water partition coefficient (Wildman–Crippen LogP) is 5.82. The van der Waals surface area contributed by atoms with Gasteiger partial charge in [0.05, 0.1) is 17.8 Å². The summed E-state index contributed by atoms with van der Waals surface area (Å²) in [5, 5.41) is 12.4. The number of alkyl halides is 6. The van der Waals surface area contributed by atoms with E-state index >= 15 is 0 Å². The van der Waals surface area contributed by atoms with Crippen LogP contribution in [0.2, 0.25) is 0 Å². The molecule has 38 heavy (non-hydrogen) atoms. The maximum Gasteiger partial charge on any atom is 0.434 e. The van der Waals surface area contributed by atoms with E-state index in [4.69, 9.17) is 5.73 Å². The molecule has 5 rings (SSSR count). The van der Waals surface area contributed by atoms with Crippen molar-refractivity contribution in [1.29, 1.82) is 0 Å². The van der Waals surface area contributed by atoms with Gasteiger partial charge in [-0.2, -0.15) is 31.4 Å². The summed E-state index contributed by atoms with van der Waals surface area (Å²) in [7, 11) is 0. The van der Waals surface area contributed by atoms with Crippen LogP contribution in [-0.4, -0.2) is 26.3 Å². The van der Waals surface area contributed by atoms with E-state index in [2.05, 4.69) is 20.5 Å². The van der Waals surface area contributed by atoms with Gasteiger partial charge in [0.2, 0.25) is 0 Å². The van der Waals surface area contributed by atoms with Crippen LogP contribution in [0.25, 0.3) is 10.8 Å². The van der Waals surface area contributed by atoms with E-state index in [9.17, 15) is 26.3 Å². The molecule has 3 heterocycles. The molecule has 13 heteroatoms. The van der Waals surface area contributed by atoms with E-state index in [1.165, 1.54) is 29.8 Å². The lowest BCUT2D eigenvalue weighted by Gasteiger charge is -2.35. The quantitative estimate of drug-likeness (QED) is 0.253. The highest BCUT2D eigenvalue weighted by atomic mass is 19.4. The van der Waals surface area contributed by atoms with E-state index in [0.717, 1.165) is 12.3 Å². The molecule has 0 spiro atoms. The summed E-state index contributed by atoms with van der Waals surface area (Å²) in [5.74, 6) is 0.566. The minimum absolute atomic E-state index is 0.00440. The smallest absolute Gasteiger partial charge is 0.360 e. The molecule has 0 saturated carbocycles. The fourth-order valence-corrected chi connectivity index (χ4v) is 4.85.